The second-order valence-corrected chi connectivity index (χ2v) is 4.13. The highest BCUT2D eigenvalue weighted by atomic mass is 16.5. The van der Waals surface area contributed by atoms with Crippen LogP contribution in [0, 0.1) is 0 Å². The van der Waals surface area contributed by atoms with Crippen LogP contribution in [0.5, 0.6) is 5.75 Å². The summed E-state index contributed by atoms with van der Waals surface area (Å²) in [5.41, 5.74) is 0.771. The van der Waals surface area contributed by atoms with E-state index in [1.54, 1.807) is 24.1 Å². The number of hydrogen-bond acceptors (Lipinski definition) is 5. The normalized spacial score (nSPS) is 10.3. The Bertz CT molecular complexity index is 574. The summed E-state index contributed by atoms with van der Waals surface area (Å²) in [4.78, 5) is 17.8. The van der Waals surface area contributed by atoms with E-state index >= 15 is 0 Å². The van der Waals surface area contributed by atoms with Gasteiger partial charge in [-0.2, -0.15) is 4.98 Å². The number of ether oxygens (including phenoxy) is 1. The summed E-state index contributed by atoms with van der Waals surface area (Å²) in [5, 5.41) is 3.84. The molecule has 0 aliphatic heterocycles. The Labute approximate surface area is 117 Å². The summed E-state index contributed by atoms with van der Waals surface area (Å²) in [5.74, 6) is 0.904. The van der Waals surface area contributed by atoms with Crippen molar-refractivity contribution >= 4 is 5.91 Å². The number of rotatable bonds is 5. The van der Waals surface area contributed by atoms with Crippen molar-refractivity contribution in [2.24, 2.45) is 0 Å². The Morgan fingerprint density at radius 2 is 1.90 bits per heavy atom. The lowest BCUT2D eigenvalue weighted by molar-refractivity contribution is 0.0723. The molecule has 0 aliphatic carbocycles. The van der Waals surface area contributed by atoms with Gasteiger partial charge in [0.1, 0.15) is 5.75 Å². The van der Waals surface area contributed by atoms with Crippen LogP contribution in [0.3, 0.4) is 0 Å². The maximum absolute atomic E-state index is 12.1. The number of hydrogen-bond donors (Lipinski definition) is 0. The molecule has 106 valence electrons. The molecule has 0 radical (unpaired) electrons. The molecule has 1 aromatic carbocycles. The van der Waals surface area contributed by atoms with Crippen molar-refractivity contribution in [3.05, 3.63) is 30.2 Å². The van der Waals surface area contributed by atoms with Gasteiger partial charge in [0.2, 0.25) is 5.82 Å². The number of aromatic nitrogens is 2. The van der Waals surface area contributed by atoms with Gasteiger partial charge in [0.15, 0.2) is 0 Å². The molecule has 0 N–H and O–H groups in total. The van der Waals surface area contributed by atoms with Crippen molar-refractivity contribution in [1.29, 1.82) is 0 Å². The maximum Gasteiger partial charge on any atom is 0.316 e. The van der Waals surface area contributed by atoms with Gasteiger partial charge >= 0.3 is 11.8 Å². The first-order chi connectivity index (χ1) is 9.69. The summed E-state index contributed by atoms with van der Waals surface area (Å²) < 4.78 is 10.1. The summed E-state index contributed by atoms with van der Waals surface area (Å²) >= 11 is 0. The average molecular weight is 275 g/mol. The molecule has 2 rings (SSSR count). The van der Waals surface area contributed by atoms with Crippen LogP contribution in [0.2, 0.25) is 0 Å². The molecular weight excluding hydrogens is 258 g/mol. The molecule has 0 bridgehead atoms. The molecular formula is C14H17N3O3. The van der Waals surface area contributed by atoms with E-state index in [0.29, 0.717) is 18.9 Å². The Hall–Kier alpha value is -2.37. The van der Waals surface area contributed by atoms with E-state index in [4.69, 9.17) is 9.26 Å². The van der Waals surface area contributed by atoms with Crippen LogP contribution in [0.25, 0.3) is 11.4 Å². The van der Waals surface area contributed by atoms with Crippen molar-refractivity contribution in [3.63, 3.8) is 0 Å². The summed E-state index contributed by atoms with van der Waals surface area (Å²) in [6.07, 6.45) is 0. The van der Waals surface area contributed by atoms with Gasteiger partial charge in [0.25, 0.3) is 0 Å². The number of carbonyl (C=O) groups excluding carboxylic acids is 1. The van der Waals surface area contributed by atoms with E-state index in [1.165, 1.54) is 0 Å². The fraction of sp³-hybridized carbons (Fsp3) is 0.357. The van der Waals surface area contributed by atoms with Crippen LogP contribution < -0.4 is 4.74 Å². The van der Waals surface area contributed by atoms with Gasteiger partial charge in [-0.3, -0.25) is 4.79 Å². The van der Waals surface area contributed by atoms with E-state index in [9.17, 15) is 4.79 Å². The fourth-order valence-electron chi connectivity index (χ4n) is 1.81. The second-order valence-electron chi connectivity index (χ2n) is 4.13. The first kappa shape index (κ1) is 14.0. The Morgan fingerprint density at radius 3 is 2.45 bits per heavy atom. The third-order valence-corrected chi connectivity index (χ3v) is 3.01. The molecule has 0 atom stereocenters. The smallest absolute Gasteiger partial charge is 0.316 e. The van der Waals surface area contributed by atoms with Crippen molar-refractivity contribution in [2.75, 3.05) is 20.2 Å². The van der Waals surface area contributed by atoms with Crippen LogP contribution in [0.15, 0.2) is 28.8 Å². The quantitative estimate of drug-likeness (QED) is 0.837. The van der Waals surface area contributed by atoms with Crippen LogP contribution in [0.4, 0.5) is 0 Å². The van der Waals surface area contributed by atoms with Crippen molar-refractivity contribution in [3.8, 4) is 17.1 Å². The highest BCUT2D eigenvalue weighted by molar-refractivity contribution is 5.89. The zero-order valence-corrected chi connectivity index (χ0v) is 11.8. The number of methoxy groups -OCH3 is 1. The van der Waals surface area contributed by atoms with Crippen LogP contribution in [-0.4, -0.2) is 41.1 Å². The van der Waals surface area contributed by atoms with Gasteiger partial charge in [0.05, 0.1) is 7.11 Å². The molecule has 2 aromatic rings. The molecule has 1 aromatic heterocycles. The van der Waals surface area contributed by atoms with Gasteiger partial charge in [-0.05, 0) is 38.1 Å². The van der Waals surface area contributed by atoms with Gasteiger partial charge < -0.3 is 14.2 Å². The third kappa shape index (κ3) is 2.79. The second kappa shape index (κ2) is 6.18. The van der Waals surface area contributed by atoms with Crippen LogP contribution in [-0.2, 0) is 0 Å². The van der Waals surface area contributed by atoms with Gasteiger partial charge in [0, 0.05) is 18.7 Å². The molecule has 6 nitrogen and oxygen atoms in total. The molecule has 20 heavy (non-hydrogen) atoms. The van der Waals surface area contributed by atoms with E-state index in [0.717, 1.165) is 11.3 Å². The minimum atomic E-state index is -0.248. The average Bonchev–Trinajstić information content (AvgIpc) is 2.98. The lowest BCUT2D eigenvalue weighted by Gasteiger charge is -2.15. The minimum Gasteiger partial charge on any atom is -0.497 e. The van der Waals surface area contributed by atoms with Gasteiger partial charge in [-0.15, -0.1) is 0 Å². The summed E-state index contributed by atoms with van der Waals surface area (Å²) in [7, 11) is 1.60. The van der Waals surface area contributed by atoms with E-state index in [1.807, 2.05) is 26.0 Å². The lowest BCUT2D eigenvalue weighted by Crippen LogP contribution is -2.30. The SMILES string of the molecule is CCN(CC)C(=O)c1nc(-c2ccc(OC)cc2)no1. The molecule has 0 spiro atoms. The predicted molar refractivity (Wildman–Crippen MR) is 73.5 cm³/mol. The Morgan fingerprint density at radius 1 is 1.25 bits per heavy atom. The Kier molecular flexibility index (Phi) is 4.34. The molecule has 0 aliphatic rings. The zero-order chi connectivity index (χ0) is 14.5. The molecule has 6 heteroatoms. The molecule has 0 saturated carbocycles. The minimum absolute atomic E-state index is 0.0134. The highest BCUT2D eigenvalue weighted by Gasteiger charge is 2.20. The monoisotopic (exact) mass is 275 g/mol. The fourth-order valence-corrected chi connectivity index (χ4v) is 1.81. The van der Waals surface area contributed by atoms with Gasteiger partial charge in [-0.25, -0.2) is 0 Å². The molecule has 0 fully saturated rings. The standard InChI is InChI=1S/C14H17N3O3/c1-4-17(5-2)14(18)13-15-12(16-20-13)10-6-8-11(19-3)9-7-10/h6-9H,4-5H2,1-3H3. The Balaban J connectivity index is 2.21. The van der Waals surface area contributed by atoms with Crippen LogP contribution >= 0.6 is 0 Å². The van der Waals surface area contributed by atoms with E-state index < -0.39 is 0 Å². The predicted octanol–water partition coefficient (Wildman–Crippen LogP) is 2.23. The summed E-state index contributed by atoms with van der Waals surface area (Å²) in [6, 6.07) is 7.24. The molecule has 0 saturated heterocycles. The van der Waals surface area contributed by atoms with E-state index in [2.05, 4.69) is 10.1 Å². The van der Waals surface area contributed by atoms with E-state index in [-0.39, 0.29) is 11.8 Å². The first-order valence-corrected chi connectivity index (χ1v) is 6.47. The van der Waals surface area contributed by atoms with Crippen molar-refractivity contribution in [2.45, 2.75) is 13.8 Å². The molecule has 1 amide bonds. The van der Waals surface area contributed by atoms with Gasteiger partial charge in [-0.1, -0.05) is 5.16 Å². The highest BCUT2D eigenvalue weighted by Crippen LogP contribution is 2.20. The number of carbonyl (C=O) groups is 1. The zero-order valence-electron chi connectivity index (χ0n) is 11.8. The number of benzene rings is 1. The molecule has 0 unspecified atom stereocenters. The van der Waals surface area contributed by atoms with Crippen LogP contribution in [0.1, 0.15) is 24.5 Å². The molecule has 1 heterocycles. The maximum atomic E-state index is 12.1. The third-order valence-electron chi connectivity index (χ3n) is 3.01. The number of nitrogens with zero attached hydrogens (tertiary/aromatic N) is 3. The van der Waals surface area contributed by atoms with Crippen molar-refractivity contribution < 1.29 is 14.1 Å². The number of amides is 1. The largest absolute Gasteiger partial charge is 0.497 e. The topological polar surface area (TPSA) is 68.5 Å². The van der Waals surface area contributed by atoms with Crippen molar-refractivity contribution in [1.82, 2.24) is 15.0 Å². The lowest BCUT2D eigenvalue weighted by atomic mass is 10.2. The summed E-state index contributed by atoms with van der Waals surface area (Å²) in [6.45, 7) is 5.02. The first-order valence-electron chi connectivity index (χ1n) is 6.47.